The fourth-order valence-corrected chi connectivity index (χ4v) is 2.46. The lowest BCUT2D eigenvalue weighted by molar-refractivity contribution is -0.137. The van der Waals surface area contributed by atoms with Crippen LogP contribution in [-0.2, 0) is 6.18 Å². The van der Waals surface area contributed by atoms with Gasteiger partial charge in [0.05, 0.1) is 5.56 Å². The molecule has 1 amide bonds. The third kappa shape index (κ3) is 4.84. The number of aryl methyl sites for hydroxylation is 1. The van der Waals surface area contributed by atoms with Crippen molar-refractivity contribution in [3.05, 3.63) is 83.6 Å². The quantitative estimate of drug-likeness (QED) is 0.645. The van der Waals surface area contributed by atoms with Crippen molar-refractivity contribution in [1.29, 1.82) is 0 Å². The molecule has 0 aliphatic rings. The van der Waals surface area contributed by atoms with Crippen LogP contribution in [0.2, 0.25) is 0 Å². The normalized spacial score (nSPS) is 11.1. The van der Waals surface area contributed by atoms with Gasteiger partial charge in [-0.3, -0.25) is 4.79 Å². The number of anilines is 3. The zero-order valence-electron chi connectivity index (χ0n) is 14.3. The summed E-state index contributed by atoms with van der Waals surface area (Å²) < 4.78 is 37.8. The summed E-state index contributed by atoms with van der Waals surface area (Å²) in [7, 11) is 0. The van der Waals surface area contributed by atoms with E-state index in [2.05, 4.69) is 15.6 Å². The van der Waals surface area contributed by atoms with Gasteiger partial charge in [0.25, 0.3) is 5.91 Å². The molecule has 0 bridgehead atoms. The fourth-order valence-electron chi connectivity index (χ4n) is 2.46. The molecule has 27 heavy (non-hydrogen) atoms. The summed E-state index contributed by atoms with van der Waals surface area (Å²) in [5, 5.41) is 5.69. The summed E-state index contributed by atoms with van der Waals surface area (Å²) in [6.07, 6.45) is -2.93. The Kier molecular flexibility index (Phi) is 5.12. The number of benzene rings is 2. The van der Waals surface area contributed by atoms with Crippen LogP contribution >= 0.6 is 0 Å². The number of aromatic nitrogens is 1. The van der Waals surface area contributed by atoms with Crippen molar-refractivity contribution < 1.29 is 18.0 Å². The van der Waals surface area contributed by atoms with Gasteiger partial charge >= 0.3 is 6.18 Å². The molecule has 0 saturated heterocycles. The Morgan fingerprint density at radius 1 is 0.963 bits per heavy atom. The molecule has 0 saturated carbocycles. The minimum Gasteiger partial charge on any atom is -0.340 e. The van der Waals surface area contributed by atoms with Crippen molar-refractivity contribution in [2.45, 2.75) is 13.1 Å². The predicted molar refractivity (Wildman–Crippen MR) is 98.1 cm³/mol. The Labute approximate surface area is 154 Å². The molecule has 2 aromatic carbocycles. The van der Waals surface area contributed by atoms with Gasteiger partial charge in [0.1, 0.15) is 5.82 Å². The maximum atomic E-state index is 12.6. The van der Waals surface area contributed by atoms with Crippen LogP contribution in [0, 0.1) is 6.92 Å². The molecule has 1 heterocycles. The molecule has 3 aromatic rings. The Morgan fingerprint density at radius 3 is 2.37 bits per heavy atom. The van der Waals surface area contributed by atoms with Gasteiger partial charge in [-0.1, -0.05) is 12.1 Å². The monoisotopic (exact) mass is 371 g/mol. The van der Waals surface area contributed by atoms with Gasteiger partial charge in [-0.05, 0) is 61.0 Å². The van der Waals surface area contributed by atoms with E-state index in [-0.39, 0.29) is 5.69 Å². The summed E-state index contributed by atoms with van der Waals surface area (Å²) in [5.74, 6) is 0.0464. The van der Waals surface area contributed by atoms with Crippen molar-refractivity contribution in [3.8, 4) is 0 Å². The van der Waals surface area contributed by atoms with E-state index in [9.17, 15) is 18.0 Å². The number of alkyl halides is 3. The largest absolute Gasteiger partial charge is 0.416 e. The molecular formula is C20H16F3N3O. The van der Waals surface area contributed by atoms with Crippen molar-refractivity contribution in [3.63, 3.8) is 0 Å². The minimum absolute atomic E-state index is 0.276. The van der Waals surface area contributed by atoms with E-state index in [1.54, 1.807) is 6.07 Å². The van der Waals surface area contributed by atoms with Crippen molar-refractivity contribution >= 4 is 23.1 Å². The zero-order chi connectivity index (χ0) is 19.4. The molecule has 0 unspecified atom stereocenters. The van der Waals surface area contributed by atoms with Crippen LogP contribution in [0.4, 0.5) is 30.4 Å². The highest BCUT2D eigenvalue weighted by Crippen LogP contribution is 2.30. The molecule has 0 atom stereocenters. The summed E-state index contributed by atoms with van der Waals surface area (Å²) in [6, 6.07) is 15.1. The first-order chi connectivity index (χ1) is 12.8. The second-order valence-electron chi connectivity index (χ2n) is 5.95. The highest BCUT2D eigenvalue weighted by molar-refractivity contribution is 6.04. The van der Waals surface area contributed by atoms with Crippen LogP contribution in [0.3, 0.4) is 0 Å². The average Bonchev–Trinajstić information content (AvgIpc) is 2.62. The highest BCUT2D eigenvalue weighted by Gasteiger charge is 2.30. The number of carbonyl (C=O) groups excluding carboxylic acids is 1. The van der Waals surface area contributed by atoms with E-state index in [1.165, 1.54) is 24.4 Å². The summed E-state index contributed by atoms with van der Waals surface area (Å²) >= 11 is 0. The smallest absolute Gasteiger partial charge is 0.340 e. The van der Waals surface area contributed by atoms with Crippen LogP contribution in [0.15, 0.2) is 66.9 Å². The molecule has 0 aliphatic carbocycles. The summed E-state index contributed by atoms with van der Waals surface area (Å²) in [4.78, 5) is 16.5. The summed E-state index contributed by atoms with van der Waals surface area (Å²) in [6.45, 7) is 1.96. The fraction of sp³-hybridized carbons (Fsp3) is 0.100. The lowest BCUT2D eigenvalue weighted by Gasteiger charge is -2.10. The number of rotatable bonds is 4. The summed E-state index contributed by atoms with van der Waals surface area (Å²) in [5.41, 5.74) is 1.76. The second kappa shape index (κ2) is 7.49. The maximum absolute atomic E-state index is 12.6. The van der Waals surface area contributed by atoms with Gasteiger partial charge in [0.2, 0.25) is 0 Å². The van der Waals surface area contributed by atoms with Crippen LogP contribution in [0.1, 0.15) is 21.5 Å². The Bertz CT molecular complexity index is 953. The topological polar surface area (TPSA) is 54.0 Å². The van der Waals surface area contributed by atoms with E-state index in [4.69, 9.17) is 0 Å². The Hall–Kier alpha value is -3.35. The van der Waals surface area contributed by atoms with E-state index < -0.39 is 17.6 Å². The number of nitrogens with one attached hydrogen (secondary N) is 2. The molecule has 0 radical (unpaired) electrons. The third-order valence-electron chi connectivity index (χ3n) is 3.78. The van der Waals surface area contributed by atoms with Gasteiger partial charge in [0.15, 0.2) is 0 Å². The number of pyridine rings is 1. The standard InChI is InChI=1S/C20H16F3N3O/c1-13-3-2-4-17(11-13)25-18-12-14(9-10-24-18)19(27)26-16-7-5-15(6-8-16)20(21,22)23/h2-12H,1H3,(H,24,25)(H,26,27). The maximum Gasteiger partial charge on any atom is 0.416 e. The van der Waals surface area contributed by atoms with Crippen LogP contribution in [0.25, 0.3) is 0 Å². The Balaban J connectivity index is 1.72. The van der Waals surface area contributed by atoms with E-state index in [0.717, 1.165) is 23.4 Å². The van der Waals surface area contributed by atoms with Gasteiger partial charge in [0, 0.05) is 23.1 Å². The number of hydrogen-bond donors (Lipinski definition) is 2. The van der Waals surface area contributed by atoms with E-state index in [1.807, 2.05) is 31.2 Å². The number of halogens is 3. The Morgan fingerprint density at radius 2 is 1.70 bits per heavy atom. The third-order valence-corrected chi connectivity index (χ3v) is 3.78. The second-order valence-corrected chi connectivity index (χ2v) is 5.95. The molecule has 4 nitrogen and oxygen atoms in total. The van der Waals surface area contributed by atoms with Crippen molar-refractivity contribution in [1.82, 2.24) is 4.98 Å². The molecule has 7 heteroatoms. The van der Waals surface area contributed by atoms with Crippen LogP contribution in [0.5, 0.6) is 0 Å². The van der Waals surface area contributed by atoms with Gasteiger partial charge in [-0.2, -0.15) is 13.2 Å². The number of carbonyl (C=O) groups is 1. The predicted octanol–water partition coefficient (Wildman–Crippen LogP) is 5.40. The molecule has 138 valence electrons. The lowest BCUT2D eigenvalue weighted by atomic mass is 10.2. The van der Waals surface area contributed by atoms with Crippen molar-refractivity contribution in [2.24, 2.45) is 0 Å². The average molecular weight is 371 g/mol. The molecule has 1 aromatic heterocycles. The molecule has 2 N–H and O–H groups in total. The number of nitrogens with zero attached hydrogens (tertiary/aromatic N) is 1. The molecule has 0 fully saturated rings. The van der Waals surface area contributed by atoms with E-state index >= 15 is 0 Å². The number of hydrogen-bond acceptors (Lipinski definition) is 3. The molecule has 3 rings (SSSR count). The molecule has 0 aliphatic heterocycles. The van der Waals surface area contributed by atoms with Gasteiger partial charge in [-0.15, -0.1) is 0 Å². The van der Waals surface area contributed by atoms with Crippen molar-refractivity contribution in [2.75, 3.05) is 10.6 Å². The van der Waals surface area contributed by atoms with Gasteiger partial charge < -0.3 is 10.6 Å². The molecule has 0 spiro atoms. The molecular weight excluding hydrogens is 355 g/mol. The minimum atomic E-state index is -4.41. The first-order valence-electron chi connectivity index (χ1n) is 8.09. The zero-order valence-corrected chi connectivity index (χ0v) is 14.3. The van der Waals surface area contributed by atoms with Gasteiger partial charge in [-0.25, -0.2) is 4.98 Å². The number of amides is 1. The first kappa shape index (κ1) is 18.4. The lowest BCUT2D eigenvalue weighted by Crippen LogP contribution is -2.13. The van der Waals surface area contributed by atoms with Crippen LogP contribution < -0.4 is 10.6 Å². The first-order valence-corrected chi connectivity index (χ1v) is 8.09. The highest BCUT2D eigenvalue weighted by atomic mass is 19.4. The van der Waals surface area contributed by atoms with Crippen LogP contribution in [-0.4, -0.2) is 10.9 Å². The SMILES string of the molecule is Cc1cccc(Nc2cc(C(=O)Nc3ccc(C(F)(F)F)cc3)ccn2)c1. The van der Waals surface area contributed by atoms with E-state index in [0.29, 0.717) is 11.4 Å².